The predicted molar refractivity (Wildman–Crippen MR) is 105 cm³/mol. The molecular weight excluding hydrogens is 392 g/mol. The monoisotopic (exact) mass is 408 g/mol. The van der Waals surface area contributed by atoms with Gasteiger partial charge in [-0.05, 0) is 35.4 Å². The second-order valence-electron chi connectivity index (χ2n) is 6.10. The van der Waals surface area contributed by atoms with Crippen molar-refractivity contribution < 1.29 is 4.79 Å². The van der Waals surface area contributed by atoms with Gasteiger partial charge in [0.05, 0.1) is 6.33 Å². The van der Waals surface area contributed by atoms with E-state index in [0.717, 1.165) is 33.0 Å². The molecule has 0 radical (unpaired) electrons. The maximum Gasteiger partial charge on any atom is 0.267 e. The van der Waals surface area contributed by atoms with Crippen molar-refractivity contribution in [1.29, 1.82) is 0 Å². The molecule has 5 nitrogen and oxygen atoms in total. The third kappa shape index (κ3) is 3.55. The lowest BCUT2D eigenvalue weighted by molar-refractivity contribution is 0.0946. The normalized spacial score (nSPS) is 11.0. The average Bonchev–Trinajstić information content (AvgIpc) is 3.30. The molecule has 0 aliphatic carbocycles. The summed E-state index contributed by atoms with van der Waals surface area (Å²) in [6, 6.07) is 15.9. The van der Waals surface area contributed by atoms with Gasteiger partial charge in [-0.25, -0.2) is 4.98 Å². The minimum absolute atomic E-state index is 0.116. The van der Waals surface area contributed by atoms with Crippen molar-refractivity contribution >= 4 is 32.7 Å². The fourth-order valence-electron chi connectivity index (χ4n) is 2.96. The van der Waals surface area contributed by atoms with E-state index in [2.05, 4.69) is 37.3 Å². The third-order valence-corrected chi connectivity index (χ3v) is 4.79. The van der Waals surface area contributed by atoms with Gasteiger partial charge in [0.1, 0.15) is 5.69 Å². The second-order valence-corrected chi connectivity index (χ2v) is 7.02. The van der Waals surface area contributed by atoms with E-state index in [1.54, 1.807) is 12.5 Å². The van der Waals surface area contributed by atoms with Crippen molar-refractivity contribution in [3.8, 4) is 0 Å². The number of hydrogen-bond acceptors (Lipinski definition) is 2. The van der Waals surface area contributed by atoms with Gasteiger partial charge in [-0.2, -0.15) is 0 Å². The number of hydrogen-bond donors (Lipinski definition) is 2. The van der Waals surface area contributed by atoms with Gasteiger partial charge >= 0.3 is 0 Å². The molecule has 4 aromatic rings. The summed E-state index contributed by atoms with van der Waals surface area (Å²) in [6.45, 7) is 1.20. The number of aromatic nitrogens is 3. The van der Waals surface area contributed by atoms with Crippen LogP contribution >= 0.6 is 15.9 Å². The van der Waals surface area contributed by atoms with Crippen molar-refractivity contribution in [2.75, 3.05) is 0 Å². The molecule has 0 unspecified atom stereocenters. The molecule has 2 aromatic heterocycles. The van der Waals surface area contributed by atoms with Gasteiger partial charge in [0, 0.05) is 40.9 Å². The van der Waals surface area contributed by atoms with Gasteiger partial charge in [-0.15, -0.1) is 0 Å². The van der Waals surface area contributed by atoms with E-state index in [9.17, 15) is 4.79 Å². The zero-order valence-electron chi connectivity index (χ0n) is 13.9. The first-order chi connectivity index (χ1) is 12.7. The van der Waals surface area contributed by atoms with Crippen LogP contribution in [0.25, 0.3) is 10.9 Å². The number of nitrogens with zero attached hydrogens (tertiary/aromatic N) is 2. The van der Waals surface area contributed by atoms with Crippen LogP contribution in [-0.2, 0) is 13.1 Å². The number of benzene rings is 2. The van der Waals surface area contributed by atoms with Crippen molar-refractivity contribution in [1.82, 2.24) is 19.9 Å². The Hall–Kier alpha value is -2.86. The summed E-state index contributed by atoms with van der Waals surface area (Å²) in [5.74, 6) is -0.116. The largest absolute Gasteiger partial charge is 0.351 e. The van der Waals surface area contributed by atoms with Gasteiger partial charge in [0.15, 0.2) is 0 Å². The highest BCUT2D eigenvalue weighted by molar-refractivity contribution is 9.10. The number of aromatic amines is 1. The topological polar surface area (TPSA) is 62.7 Å². The van der Waals surface area contributed by atoms with Gasteiger partial charge < -0.3 is 14.9 Å². The van der Waals surface area contributed by atoms with Crippen molar-refractivity contribution in [3.63, 3.8) is 0 Å². The fraction of sp³-hybridized carbons (Fsp3) is 0.100. The summed E-state index contributed by atoms with van der Waals surface area (Å²) in [5, 5.41) is 4.01. The smallest absolute Gasteiger partial charge is 0.267 e. The zero-order valence-corrected chi connectivity index (χ0v) is 15.5. The Labute approximate surface area is 159 Å². The van der Waals surface area contributed by atoms with Crippen LogP contribution in [0.2, 0.25) is 0 Å². The molecule has 130 valence electrons. The molecule has 0 saturated carbocycles. The first-order valence-corrected chi connectivity index (χ1v) is 9.07. The van der Waals surface area contributed by atoms with E-state index in [1.807, 2.05) is 53.2 Å². The number of fused-ring (bicyclic) bond motifs is 1. The quantitative estimate of drug-likeness (QED) is 0.521. The van der Waals surface area contributed by atoms with Crippen LogP contribution in [0.4, 0.5) is 0 Å². The van der Waals surface area contributed by atoms with Crippen molar-refractivity contribution in [3.05, 3.63) is 88.5 Å². The lowest BCUT2D eigenvalue weighted by Crippen LogP contribution is -2.23. The van der Waals surface area contributed by atoms with Gasteiger partial charge in [0.2, 0.25) is 0 Å². The van der Waals surface area contributed by atoms with Crippen molar-refractivity contribution in [2.45, 2.75) is 13.1 Å². The molecule has 0 atom stereocenters. The summed E-state index contributed by atoms with van der Waals surface area (Å²) >= 11 is 3.45. The number of amides is 1. The van der Waals surface area contributed by atoms with Crippen LogP contribution in [0.3, 0.4) is 0 Å². The van der Waals surface area contributed by atoms with Crippen LogP contribution < -0.4 is 5.32 Å². The van der Waals surface area contributed by atoms with E-state index in [4.69, 9.17) is 0 Å². The Kier molecular flexibility index (Phi) is 4.58. The maximum absolute atomic E-state index is 12.5. The third-order valence-electron chi connectivity index (χ3n) is 4.30. The standard InChI is InChI=1S/C20H17BrN4O/c21-17-5-6-18-16(9-17)10-19(24-18)20(26)23-11-14-3-1-2-4-15(14)12-25-8-7-22-13-25/h1-10,13,24H,11-12H2,(H,23,26). The average molecular weight is 409 g/mol. The number of rotatable bonds is 5. The predicted octanol–water partition coefficient (Wildman–Crippen LogP) is 4.11. The summed E-state index contributed by atoms with van der Waals surface area (Å²) in [7, 11) is 0. The molecule has 1 amide bonds. The van der Waals surface area contributed by atoms with Gasteiger partial charge in [-0.3, -0.25) is 4.79 Å². The Bertz CT molecular complexity index is 1050. The van der Waals surface area contributed by atoms with E-state index in [1.165, 1.54) is 0 Å². The highest BCUT2D eigenvalue weighted by Gasteiger charge is 2.11. The number of halogens is 1. The number of H-pyrrole nitrogens is 1. The maximum atomic E-state index is 12.5. The fourth-order valence-corrected chi connectivity index (χ4v) is 3.34. The Morgan fingerprint density at radius 1 is 1.15 bits per heavy atom. The summed E-state index contributed by atoms with van der Waals surface area (Å²) in [5.41, 5.74) is 3.75. The minimum Gasteiger partial charge on any atom is -0.351 e. The number of carbonyl (C=O) groups is 1. The molecule has 0 saturated heterocycles. The Morgan fingerprint density at radius 3 is 2.81 bits per heavy atom. The molecule has 0 aliphatic rings. The number of nitrogens with one attached hydrogen (secondary N) is 2. The lowest BCUT2D eigenvalue weighted by Gasteiger charge is -2.11. The Morgan fingerprint density at radius 2 is 2.00 bits per heavy atom. The van der Waals surface area contributed by atoms with Gasteiger partial charge in [-0.1, -0.05) is 40.2 Å². The van der Waals surface area contributed by atoms with Crippen LogP contribution in [0.15, 0.2) is 71.7 Å². The molecule has 2 N–H and O–H groups in total. The van der Waals surface area contributed by atoms with E-state index in [-0.39, 0.29) is 5.91 Å². The summed E-state index contributed by atoms with van der Waals surface area (Å²) < 4.78 is 3.00. The minimum atomic E-state index is -0.116. The molecule has 0 bridgehead atoms. The van der Waals surface area contributed by atoms with E-state index in [0.29, 0.717) is 12.2 Å². The molecule has 26 heavy (non-hydrogen) atoms. The molecule has 2 aromatic carbocycles. The summed E-state index contributed by atoms with van der Waals surface area (Å²) in [4.78, 5) is 19.8. The van der Waals surface area contributed by atoms with E-state index >= 15 is 0 Å². The first kappa shape index (κ1) is 16.6. The zero-order chi connectivity index (χ0) is 17.9. The molecule has 0 spiro atoms. The van der Waals surface area contributed by atoms with Crippen LogP contribution in [0, 0.1) is 0 Å². The van der Waals surface area contributed by atoms with Crippen LogP contribution in [0.1, 0.15) is 21.6 Å². The number of carbonyl (C=O) groups excluding carboxylic acids is 1. The van der Waals surface area contributed by atoms with E-state index < -0.39 is 0 Å². The molecule has 0 fully saturated rings. The van der Waals surface area contributed by atoms with Crippen molar-refractivity contribution in [2.24, 2.45) is 0 Å². The molecule has 0 aliphatic heterocycles. The molecular formula is C20H17BrN4O. The lowest BCUT2D eigenvalue weighted by atomic mass is 10.1. The molecule has 4 rings (SSSR count). The second kappa shape index (κ2) is 7.17. The highest BCUT2D eigenvalue weighted by Crippen LogP contribution is 2.20. The first-order valence-electron chi connectivity index (χ1n) is 8.28. The van der Waals surface area contributed by atoms with Crippen LogP contribution in [0.5, 0.6) is 0 Å². The SMILES string of the molecule is O=C(NCc1ccccc1Cn1ccnc1)c1cc2cc(Br)ccc2[nH]1. The number of imidazole rings is 1. The van der Waals surface area contributed by atoms with Gasteiger partial charge in [0.25, 0.3) is 5.91 Å². The highest BCUT2D eigenvalue weighted by atomic mass is 79.9. The molecule has 2 heterocycles. The molecule has 6 heteroatoms. The van der Waals surface area contributed by atoms with Crippen LogP contribution in [-0.4, -0.2) is 20.4 Å². The summed E-state index contributed by atoms with van der Waals surface area (Å²) in [6.07, 6.45) is 5.48. The Balaban J connectivity index is 1.48.